The molecule has 4 aromatic heterocycles. The van der Waals surface area contributed by atoms with Gasteiger partial charge < -0.3 is 18.3 Å². The van der Waals surface area contributed by atoms with Gasteiger partial charge in [0.25, 0.3) is 0 Å². The van der Waals surface area contributed by atoms with Crippen LogP contribution in [0.3, 0.4) is 0 Å². The zero-order valence-corrected chi connectivity index (χ0v) is 74.7. The van der Waals surface area contributed by atoms with Crippen LogP contribution >= 0.6 is 0 Å². The summed E-state index contributed by atoms with van der Waals surface area (Å²) in [6.45, 7) is 67.2. The van der Waals surface area contributed by atoms with Crippen molar-refractivity contribution in [3.8, 4) is 51.1 Å². The molecule has 0 radical (unpaired) electrons. The molecule has 0 saturated heterocycles. The molecule has 0 aliphatic rings. The summed E-state index contributed by atoms with van der Waals surface area (Å²) in [6.07, 6.45) is -5.01. The van der Waals surface area contributed by atoms with Crippen LogP contribution in [0.1, 0.15) is 189 Å². The summed E-state index contributed by atoms with van der Waals surface area (Å²) in [4.78, 5) is 0. The van der Waals surface area contributed by atoms with Gasteiger partial charge in [-0.3, -0.25) is 0 Å². The van der Waals surface area contributed by atoms with Gasteiger partial charge in [0.1, 0.15) is 40.5 Å². The van der Waals surface area contributed by atoms with Crippen LogP contribution < -0.4 is 0 Å². The molecule has 0 amide bonds. The number of alkyl halides is 3. The highest BCUT2D eigenvalue weighted by Gasteiger charge is 2.43. The molecule has 12 heteroatoms. The highest BCUT2D eigenvalue weighted by molar-refractivity contribution is 6.20. The number of hydrogen-bond donors (Lipinski definition) is 0. The van der Waals surface area contributed by atoms with Crippen molar-refractivity contribution < 1.29 is 30.7 Å². The molecule has 0 spiro atoms. The average Bonchev–Trinajstić information content (AvgIpc) is 1.53. The molecule has 16 aromatic rings. The Morgan fingerprint density at radius 3 is 0.636 bits per heavy atom. The van der Waals surface area contributed by atoms with Crippen LogP contribution in [0, 0.1) is 256 Å². The summed E-state index contributed by atoms with van der Waals surface area (Å²) >= 11 is 0. The molecule has 4 heterocycles. The fraction of sp³-hybridized carbons (Fsp3) is 0.311. The summed E-state index contributed by atoms with van der Waals surface area (Å²) in [7, 11) is 0. The zero-order valence-electron chi connectivity index (χ0n) is 74.7. The van der Waals surface area contributed by atoms with Gasteiger partial charge >= 0.3 is 6.18 Å². The van der Waals surface area contributed by atoms with Crippen LogP contribution in [0.5, 0.6) is 0 Å². The SMILES string of the molecule is Cc1c(C)c(C)c2c(c1C)c1c(C)c(C)c(C)c(C)c1n2-c1ccc(-c2c(F)cccc2F)c(-n2c3c(C)c(C)c(C)c(C)c3c3c(C)c(C)c(C)c(C)c32)c1C#N.Cc1c(C)c(C)c2c(c1C)c1c(C)c(C)c(C)c(C)c1n2-c1ccc(-c2c(F)cccc2F)c(-n2c3c(C)c(C)c(C)c(C)c3c3c(C)c(C)c(C)c(C)c32)c1C(F)(F)F. The van der Waals surface area contributed by atoms with Gasteiger partial charge in [0.05, 0.1) is 78.0 Å². The Labute approximate surface area is 689 Å². The molecule has 12 aromatic carbocycles. The van der Waals surface area contributed by atoms with E-state index in [-0.39, 0.29) is 22.5 Å². The zero-order chi connectivity index (χ0) is 86.4. The lowest BCUT2D eigenvalue weighted by Crippen LogP contribution is -2.18. The Morgan fingerprint density at radius 2 is 0.415 bits per heavy atom. The van der Waals surface area contributed by atoms with Crippen LogP contribution in [-0.2, 0) is 6.18 Å². The fourth-order valence-corrected chi connectivity index (χ4v) is 20.7. The normalized spacial score (nSPS) is 12.2. The van der Waals surface area contributed by atoms with Crippen molar-refractivity contribution in [3.63, 3.8) is 0 Å². The monoisotopic (exact) mass is 1580 g/mol. The van der Waals surface area contributed by atoms with Crippen molar-refractivity contribution >= 4 is 87.2 Å². The maximum Gasteiger partial charge on any atom is 0.420 e. The van der Waals surface area contributed by atoms with Gasteiger partial charge in [-0.1, -0.05) is 12.1 Å². The van der Waals surface area contributed by atoms with E-state index in [2.05, 4.69) is 168 Å². The van der Waals surface area contributed by atoms with E-state index < -0.39 is 40.6 Å². The Hall–Kier alpha value is -11.2. The predicted octanol–water partition coefficient (Wildman–Crippen LogP) is 30.4. The molecular formula is C106H106F7N5. The number of hydrogen-bond acceptors (Lipinski definition) is 1. The maximum absolute atomic E-state index is 17.1. The first-order valence-electron chi connectivity index (χ1n) is 41.0. The lowest BCUT2D eigenvalue weighted by atomic mass is 9.90. The quantitative estimate of drug-likeness (QED) is 0.153. The molecule has 0 aliphatic heterocycles. The summed E-state index contributed by atoms with van der Waals surface area (Å²) < 4.78 is 125. The van der Waals surface area contributed by atoms with Gasteiger partial charge in [-0.2, -0.15) is 18.4 Å². The Morgan fingerprint density at radius 1 is 0.229 bits per heavy atom. The van der Waals surface area contributed by atoms with Gasteiger partial charge in [-0.25, -0.2) is 17.6 Å². The molecule has 0 atom stereocenters. The molecular weight excluding hydrogens is 1480 g/mol. The first-order chi connectivity index (χ1) is 55.3. The molecule has 0 N–H and O–H groups in total. The largest absolute Gasteiger partial charge is 0.420 e. The van der Waals surface area contributed by atoms with E-state index in [1.54, 1.807) is 4.57 Å². The third-order valence-corrected chi connectivity index (χ3v) is 30.1. The van der Waals surface area contributed by atoms with Crippen molar-refractivity contribution in [2.75, 3.05) is 0 Å². The average molecular weight is 1580 g/mol. The predicted molar refractivity (Wildman–Crippen MR) is 482 cm³/mol. The molecule has 16 rings (SSSR count). The number of benzene rings is 12. The number of nitriles is 1. The smallest absolute Gasteiger partial charge is 0.308 e. The minimum atomic E-state index is -5.01. The Kier molecular flexibility index (Phi) is 19.4. The minimum Gasteiger partial charge on any atom is -0.308 e. The highest BCUT2D eigenvalue weighted by Crippen LogP contribution is 2.55. The number of rotatable bonds is 6. The molecule has 118 heavy (non-hydrogen) atoms. The molecule has 0 unspecified atom stereocenters. The molecule has 0 fully saturated rings. The number of nitrogens with zero attached hydrogens (tertiary/aromatic N) is 5. The third kappa shape index (κ3) is 10.8. The molecule has 0 aliphatic carbocycles. The van der Waals surface area contributed by atoms with Gasteiger partial charge in [-0.15, -0.1) is 0 Å². The van der Waals surface area contributed by atoms with Crippen molar-refractivity contribution in [3.05, 3.63) is 273 Å². The van der Waals surface area contributed by atoms with Crippen molar-refractivity contribution in [2.24, 2.45) is 0 Å². The highest BCUT2D eigenvalue weighted by atomic mass is 19.4. The van der Waals surface area contributed by atoms with Gasteiger partial charge in [-0.05, 0) is 448 Å². The molecule has 0 bridgehead atoms. The second kappa shape index (κ2) is 28.0. The van der Waals surface area contributed by atoms with E-state index in [0.717, 1.165) is 200 Å². The summed E-state index contributed by atoms with van der Waals surface area (Å²) in [5.74, 6) is -3.23. The van der Waals surface area contributed by atoms with Crippen LogP contribution in [-0.4, -0.2) is 18.3 Å². The molecule has 0 saturated carbocycles. The Bertz CT molecular complexity index is 7030. The van der Waals surface area contributed by atoms with E-state index in [9.17, 15) is 5.26 Å². The van der Waals surface area contributed by atoms with Crippen LogP contribution in [0.25, 0.3) is 132 Å². The second-order valence-electron chi connectivity index (χ2n) is 34.6. The van der Waals surface area contributed by atoms with Gasteiger partial charge in [0.15, 0.2) is 0 Å². The molecule has 5 nitrogen and oxygen atoms in total. The van der Waals surface area contributed by atoms with E-state index in [4.69, 9.17) is 0 Å². The third-order valence-electron chi connectivity index (χ3n) is 30.1. The minimum absolute atomic E-state index is 0.0964. The van der Waals surface area contributed by atoms with Gasteiger partial charge in [0.2, 0.25) is 0 Å². The van der Waals surface area contributed by atoms with Crippen molar-refractivity contribution in [1.82, 2.24) is 18.3 Å². The van der Waals surface area contributed by atoms with E-state index in [1.165, 1.54) is 91.7 Å². The first-order valence-corrected chi connectivity index (χ1v) is 41.0. The summed E-state index contributed by atoms with van der Waals surface area (Å²) in [5.41, 5.74) is 40.7. The van der Waals surface area contributed by atoms with E-state index >= 15 is 30.7 Å². The molecule has 604 valence electrons. The lowest BCUT2D eigenvalue weighted by molar-refractivity contribution is -0.137. The lowest BCUT2D eigenvalue weighted by Gasteiger charge is -2.26. The van der Waals surface area contributed by atoms with Crippen molar-refractivity contribution in [2.45, 2.75) is 228 Å². The van der Waals surface area contributed by atoms with Crippen LogP contribution in [0.2, 0.25) is 0 Å². The van der Waals surface area contributed by atoms with E-state index in [0.29, 0.717) is 44.6 Å². The topological polar surface area (TPSA) is 43.5 Å². The first kappa shape index (κ1) is 82.0. The van der Waals surface area contributed by atoms with Crippen molar-refractivity contribution in [1.29, 1.82) is 5.26 Å². The van der Waals surface area contributed by atoms with Crippen LogP contribution in [0.15, 0.2) is 60.7 Å². The summed E-state index contributed by atoms with van der Waals surface area (Å²) in [5, 5.41) is 19.9. The second-order valence-corrected chi connectivity index (χ2v) is 34.6. The van der Waals surface area contributed by atoms with Crippen LogP contribution in [0.4, 0.5) is 30.7 Å². The number of aromatic nitrogens is 4. The fourth-order valence-electron chi connectivity index (χ4n) is 20.7. The maximum atomic E-state index is 17.1. The van der Waals surface area contributed by atoms with E-state index in [1.807, 2.05) is 85.9 Å². The number of halogens is 7. The van der Waals surface area contributed by atoms with Gasteiger partial charge in [0, 0.05) is 54.2 Å². The number of aryl methyl sites for hydroxylation is 16. The standard InChI is InChI=1S/C53H53F5N2.C53H53F2N3/c1-22-26(5)34(13)48-42(30(22)9)43-31(10)23(2)27(6)35(14)49(43)59(48)41-21-20-38(46-39(54)18-17-19-40(46)55)52(47(41)53(56,57)58)60-50-36(15)28(7)24(3)32(11)44(50)45-33(12)25(4)29(8)37(16)51(45)60;1-23-27(5)35(13)49-44(31(23)9)45-32(10)24(2)28(6)36(14)50(45)57(49)43-21-20-39(48-41(54)18-17-19-42(48)55)53(40(43)22-56)58-51-37(15)29(7)25(3)33(11)46(51)47-34(12)26(4)30(8)38(16)52(47)58/h17-21H,1-16H3;17-21H,1-16H3. The number of fused-ring (bicyclic) bond motifs is 12. The Balaban J connectivity index is 0.000000185. The summed E-state index contributed by atoms with van der Waals surface area (Å²) in [6, 6.07) is 16.9.